The standard InChI is InChI=1S/C19H36N2O5S/c1-14(2)15-7-9-16(10-8-15)26-12-18-17(20-27(4,23)24)6-5-11-21(18)19(22)13-25-3/h14-18,20H,5-13H2,1-4H3/t15-,16+,17-,18-/m0/s1. The Hall–Kier alpha value is -0.700. The van der Waals surface area contributed by atoms with Crippen molar-refractivity contribution in [2.75, 3.05) is 33.1 Å². The number of methoxy groups -OCH3 is 1. The molecular weight excluding hydrogens is 368 g/mol. The van der Waals surface area contributed by atoms with Crippen LogP contribution in [0.1, 0.15) is 52.4 Å². The van der Waals surface area contributed by atoms with Crippen molar-refractivity contribution >= 4 is 15.9 Å². The summed E-state index contributed by atoms with van der Waals surface area (Å²) in [7, 11) is -1.86. The topological polar surface area (TPSA) is 84.9 Å². The number of likely N-dealkylation sites (tertiary alicyclic amines) is 1. The number of nitrogens with zero attached hydrogens (tertiary/aromatic N) is 1. The normalized spacial score (nSPS) is 29.9. The van der Waals surface area contributed by atoms with Crippen LogP contribution in [0.5, 0.6) is 0 Å². The molecule has 0 aromatic heterocycles. The molecule has 0 unspecified atom stereocenters. The molecule has 2 rings (SSSR count). The monoisotopic (exact) mass is 404 g/mol. The zero-order chi connectivity index (χ0) is 20.0. The number of sulfonamides is 1. The smallest absolute Gasteiger partial charge is 0.248 e. The minimum Gasteiger partial charge on any atom is -0.376 e. The molecule has 0 aromatic carbocycles. The van der Waals surface area contributed by atoms with Crippen LogP contribution in [-0.4, -0.2) is 70.5 Å². The van der Waals surface area contributed by atoms with Gasteiger partial charge in [-0.15, -0.1) is 0 Å². The highest BCUT2D eigenvalue weighted by molar-refractivity contribution is 7.88. The van der Waals surface area contributed by atoms with Gasteiger partial charge in [-0.2, -0.15) is 0 Å². The molecule has 1 saturated heterocycles. The van der Waals surface area contributed by atoms with Gasteiger partial charge in [-0.3, -0.25) is 4.79 Å². The van der Waals surface area contributed by atoms with Crippen molar-refractivity contribution in [2.24, 2.45) is 11.8 Å². The Balaban J connectivity index is 2.00. The van der Waals surface area contributed by atoms with E-state index in [1.54, 1.807) is 4.90 Å². The molecular formula is C19H36N2O5S. The molecule has 1 N–H and O–H groups in total. The van der Waals surface area contributed by atoms with Crippen LogP contribution in [0.15, 0.2) is 0 Å². The van der Waals surface area contributed by atoms with Gasteiger partial charge >= 0.3 is 0 Å². The van der Waals surface area contributed by atoms with E-state index < -0.39 is 10.0 Å². The van der Waals surface area contributed by atoms with E-state index in [4.69, 9.17) is 9.47 Å². The molecule has 1 amide bonds. The third-order valence-corrected chi connectivity index (χ3v) is 6.63. The molecule has 7 nitrogen and oxygen atoms in total. The van der Waals surface area contributed by atoms with Crippen molar-refractivity contribution in [2.45, 2.75) is 70.6 Å². The van der Waals surface area contributed by atoms with Crippen molar-refractivity contribution in [3.63, 3.8) is 0 Å². The number of amides is 1. The molecule has 27 heavy (non-hydrogen) atoms. The second kappa shape index (κ2) is 10.2. The van der Waals surface area contributed by atoms with Gasteiger partial charge in [0, 0.05) is 19.7 Å². The molecule has 2 aliphatic rings. The van der Waals surface area contributed by atoms with Gasteiger partial charge in [-0.05, 0) is 50.4 Å². The lowest BCUT2D eigenvalue weighted by Gasteiger charge is -2.42. The maximum Gasteiger partial charge on any atom is 0.248 e. The molecule has 0 bridgehead atoms. The Bertz CT molecular complexity index is 573. The largest absolute Gasteiger partial charge is 0.376 e. The number of carbonyl (C=O) groups excluding carboxylic acids is 1. The predicted octanol–water partition coefficient (Wildman–Crippen LogP) is 1.77. The Morgan fingerprint density at radius 2 is 1.85 bits per heavy atom. The number of carbonyl (C=O) groups is 1. The Morgan fingerprint density at radius 1 is 1.19 bits per heavy atom. The minimum atomic E-state index is -3.35. The first-order valence-corrected chi connectivity index (χ1v) is 12.0. The third kappa shape index (κ3) is 7.00. The van der Waals surface area contributed by atoms with Crippen molar-refractivity contribution in [3.05, 3.63) is 0 Å². The Morgan fingerprint density at radius 3 is 2.41 bits per heavy atom. The van der Waals surface area contributed by atoms with Gasteiger partial charge in [0.25, 0.3) is 0 Å². The number of hydrogen-bond donors (Lipinski definition) is 1. The third-order valence-electron chi connectivity index (χ3n) is 5.90. The zero-order valence-electron chi connectivity index (χ0n) is 17.1. The van der Waals surface area contributed by atoms with Gasteiger partial charge in [0.2, 0.25) is 15.9 Å². The first-order chi connectivity index (χ1) is 12.7. The van der Waals surface area contributed by atoms with E-state index in [-0.39, 0.29) is 30.7 Å². The number of ether oxygens (including phenoxy) is 2. The quantitative estimate of drug-likeness (QED) is 0.666. The molecule has 1 heterocycles. The fourth-order valence-electron chi connectivity index (χ4n) is 4.35. The first kappa shape index (κ1) is 22.6. The second-order valence-corrected chi connectivity index (χ2v) is 10.1. The lowest BCUT2D eigenvalue weighted by Crippen LogP contribution is -2.59. The van der Waals surface area contributed by atoms with E-state index in [9.17, 15) is 13.2 Å². The average molecular weight is 405 g/mol. The van der Waals surface area contributed by atoms with Crippen molar-refractivity contribution < 1.29 is 22.7 Å². The van der Waals surface area contributed by atoms with E-state index in [1.807, 2.05) is 0 Å². The van der Waals surface area contributed by atoms with Crippen molar-refractivity contribution in [1.29, 1.82) is 0 Å². The number of rotatable bonds is 8. The van der Waals surface area contributed by atoms with Crippen LogP contribution in [-0.2, 0) is 24.3 Å². The lowest BCUT2D eigenvalue weighted by atomic mass is 9.80. The number of hydrogen-bond acceptors (Lipinski definition) is 5. The van der Waals surface area contributed by atoms with Gasteiger partial charge in [0.05, 0.1) is 25.0 Å². The second-order valence-electron chi connectivity index (χ2n) is 8.34. The maximum absolute atomic E-state index is 12.5. The molecule has 0 spiro atoms. The molecule has 0 aromatic rings. The van der Waals surface area contributed by atoms with Gasteiger partial charge in [-0.25, -0.2) is 13.1 Å². The van der Waals surface area contributed by atoms with E-state index in [2.05, 4.69) is 18.6 Å². The summed E-state index contributed by atoms with van der Waals surface area (Å²) in [5, 5.41) is 0. The van der Waals surface area contributed by atoms with Crippen molar-refractivity contribution in [3.8, 4) is 0 Å². The summed E-state index contributed by atoms with van der Waals surface area (Å²) >= 11 is 0. The van der Waals surface area contributed by atoms with Gasteiger partial charge in [-0.1, -0.05) is 13.8 Å². The fourth-order valence-corrected chi connectivity index (χ4v) is 5.17. The summed E-state index contributed by atoms with van der Waals surface area (Å²) in [5.41, 5.74) is 0. The number of piperidine rings is 1. The summed E-state index contributed by atoms with van der Waals surface area (Å²) in [5.74, 6) is 1.35. The van der Waals surface area contributed by atoms with Crippen LogP contribution in [0.3, 0.4) is 0 Å². The van der Waals surface area contributed by atoms with Gasteiger partial charge in [0.15, 0.2) is 0 Å². The summed E-state index contributed by atoms with van der Waals surface area (Å²) in [6.07, 6.45) is 7.23. The summed E-state index contributed by atoms with van der Waals surface area (Å²) in [6, 6.07) is -0.611. The molecule has 2 atom stereocenters. The molecule has 2 fully saturated rings. The highest BCUT2D eigenvalue weighted by Crippen LogP contribution is 2.31. The van der Waals surface area contributed by atoms with E-state index in [1.165, 1.54) is 20.0 Å². The minimum absolute atomic E-state index is 0.00158. The van der Waals surface area contributed by atoms with Gasteiger partial charge in [0.1, 0.15) is 6.61 Å². The molecule has 1 aliphatic carbocycles. The van der Waals surface area contributed by atoms with Crippen LogP contribution in [0.2, 0.25) is 0 Å². The van der Waals surface area contributed by atoms with Crippen LogP contribution >= 0.6 is 0 Å². The highest BCUT2D eigenvalue weighted by atomic mass is 32.2. The fraction of sp³-hybridized carbons (Fsp3) is 0.947. The molecule has 8 heteroatoms. The van der Waals surface area contributed by atoms with E-state index >= 15 is 0 Å². The van der Waals surface area contributed by atoms with Crippen LogP contribution < -0.4 is 4.72 Å². The van der Waals surface area contributed by atoms with Crippen LogP contribution in [0.25, 0.3) is 0 Å². The van der Waals surface area contributed by atoms with E-state index in [0.29, 0.717) is 25.5 Å². The SMILES string of the molecule is COCC(=O)N1CCC[C@H](NS(C)(=O)=O)[C@@H]1CO[C@H]1CC[C@@H](C(C)C)CC1. The molecule has 158 valence electrons. The average Bonchev–Trinajstić information content (AvgIpc) is 2.59. The van der Waals surface area contributed by atoms with E-state index in [0.717, 1.165) is 31.4 Å². The van der Waals surface area contributed by atoms with Gasteiger partial charge < -0.3 is 14.4 Å². The maximum atomic E-state index is 12.5. The van der Waals surface area contributed by atoms with Crippen LogP contribution in [0.4, 0.5) is 0 Å². The Kier molecular flexibility index (Phi) is 8.52. The zero-order valence-corrected chi connectivity index (χ0v) is 18.0. The molecule has 1 saturated carbocycles. The molecule has 0 radical (unpaired) electrons. The lowest BCUT2D eigenvalue weighted by molar-refractivity contribution is -0.142. The summed E-state index contributed by atoms with van der Waals surface area (Å²) in [4.78, 5) is 14.2. The highest BCUT2D eigenvalue weighted by Gasteiger charge is 2.36. The summed E-state index contributed by atoms with van der Waals surface area (Å²) < 4.78 is 37.4. The number of nitrogens with one attached hydrogen (secondary N) is 1. The van der Waals surface area contributed by atoms with Crippen LogP contribution in [0, 0.1) is 11.8 Å². The predicted molar refractivity (Wildman–Crippen MR) is 105 cm³/mol. The Labute approximate surface area is 164 Å². The van der Waals surface area contributed by atoms with Crippen molar-refractivity contribution in [1.82, 2.24) is 9.62 Å². The molecule has 1 aliphatic heterocycles. The summed E-state index contributed by atoms with van der Waals surface area (Å²) in [6.45, 7) is 5.52. The first-order valence-electron chi connectivity index (χ1n) is 10.1.